The summed E-state index contributed by atoms with van der Waals surface area (Å²) in [5.41, 5.74) is 2.02. The molecule has 132 valence electrons. The van der Waals surface area contributed by atoms with Crippen molar-refractivity contribution < 1.29 is 4.42 Å². The van der Waals surface area contributed by atoms with Crippen molar-refractivity contribution in [2.45, 2.75) is 58.4 Å². The molecular formula is C20H30N2OS. The van der Waals surface area contributed by atoms with Crippen LogP contribution in [0.4, 0.5) is 0 Å². The van der Waals surface area contributed by atoms with Crippen LogP contribution in [0.15, 0.2) is 28.7 Å². The van der Waals surface area contributed by atoms with Crippen molar-refractivity contribution in [2.75, 3.05) is 19.6 Å². The molecule has 1 aliphatic rings. The zero-order chi connectivity index (χ0) is 16.8. The first-order chi connectivity index (χ1) is 11.8. The molecular weight excluding hydrogens is 316 g/mol. The summed E-state index contributed by atoms with van der Waals surface area (Å²) in [6.07, 6.45) is 9.38. The summed E-state index contributed by atoms with van der Waals surface area (Å²) in [5, 5.41) is 0. The molecule has 1 fully saturated rings. The van der Waals surface area contributed by atoms with Gasteiger partial charge in [-0.3, -0.25) is 4.57 Å². The molecule has 2 heterocycles. The second kappa shape index (κ2) is 8.82. The van der Waals surface area contributed by atoms with Gasteiger partial charge < -0.3 is 9.32 Å². The first-order valence-electron chi connectivity index (χ1n) is 9.58. The average molecular weight is 347 g/mol. The van der Waals surface area contributed by atoms with Gasteiger partial charge in [0.1, 0.15) is 0 Å². The number of hydrogen-bond acceptors (Lipinski definition) is 3. The number of fused-ring (bicyclic) bond motifs is 1. The molecule has 0 bridgehead atoms. The first-order valence-corrected chi connectivity index (χ1v) is 9.99. The van der Waals surface area contributed by atoms with Crippen LogP contribution in [0.1, 0.15) is 51.9 Å². The summed E-state index contributed by atoms with van der Waals surface area (Å²) >= 11 is 5.36. The van der Waals surface area contributed by atoms with Crippen molar-refractivity contribution in [3.63, 3.8) is 0 Å². The van der Waals surface area contributed by atoms with Gasteiger partial charge >= 0.3 is 0 Å². The summed E-state index contributed by atoms with van der Waals surface area (Å²) in [6, 6.07) is 8.13. The number of likely N-dealkylation sites (tertiary alicyclic amines) is 1. The molecule has 3 nitrogen and oxygen atoms in total. The van der Waals surface area contributed by atoms with Gasteiger partial charge in [-0.2, -0.15) is 0 Å². The number of nitrogens with zero attached hydrogens (tertiary/aromatic N) is 2. The lowest BCUT2D eigenvalue weighted by molar-refractivity contribution is 0.174. The molecule has 0 amide bonds. The molecule has 3 rings (SSSR count). The van der Waals surface area contributed by atoms with Crippen LogP contribution < -0.4 is 0 Å². The molecule has 24 heavy (non-hydrogen) atoms. The molecule has 1 aromatic carbocycles. The number of benzene rings is 1. The third-order valence-electron chi connectivity index (χ3n) is 5.35. The fourth-order valence-electron chi connectivity index (χ4n) is 3.82. The maximum Gasteiger partial charge on any atom is 0.269 e. The molecule has 0 unspecified atom stereocenters. The van der Waals surface area contributed by atoms with Gasteiger partial charge in [0.25, 0.3) is 4.84 Å². The topological polar surface area (TPSA) is 21.3 Å². The number of hydrogen-bond donors (Lipinski definition) is 0. The van der Waals surface area contributed by atoms with Crippen molar-refractivity contribution >= 4 is 23.3 Å². The van der Waals surface area contributed by atoms with Crippen LogP contribution in [0, 0.1) is 10.8 Å². The van der Waals surface area contributed by atoms with Crippen molar-refractivity contribution in [3.05, 3.63) is 29.1 Å². The summed E-state index contributed by atoms with van der Waals surface area (Å²) in [7, 11) is 0. The highest BCUT2D eigenvalue weighted by atomic mass is 32.1. The fourth-order valence-corrected chi connectivity index (χ4v) is 4.10. The number of unbranched alkanes of at least 4 members (excludes halogenated alkanes) is 2. The average Bonchev–Trinajstić information content (AvgIpc) is 2.93. The van der Waals surface area contributed by atoms with Crippen molar-refractivity contribution in [1.82, 2.24) is 9.47 Å². The number of aryl methyl sites for hydroxylation is 1. The SMILES string of the molecule is CCCCC1CCN(CCCCn2c(=S)oc3ccccc32)CC1. The van der Waals surface area contributed by atoms with E-state index in [1.165, 1.54) is 58.2 Å². The van der Waals surface area contributed by atoms with Crippen LogP contribution in [0.2, 0.25) is 0 Å². The van der Waals surface area contributed by atoms with Gasteiger partial charge in [0, 0.05) is 6.54 Å². The minimum absolute atomic E-state index is 0.605. The third kappa shape index (κ3) is 4.48. The minimum Gasteiger partial charge on any atom is -0.429 e. The zero-order valence-corrected chi connectivity index (χ0v) is 15.7. The highest BCUT2D eigenvalue weighted by Gasteiger charge is 2.18. The molecule has 1 saturated heterocycles. The monoisotopic (exact) mass is 346 g/mol. The molecule has 1 aromatic heterocycles. The Hall–Kier alpha value is -1.13. The van der Waals surface area contributed by atoms with Crippen molar-refractivity contribution in [1.29, 1.82) is 0 Å². The Morgan fingerprint density at radius 1 is 1.08 bits per heavy atom. The van der Waals surface area contributed by atoms with E-state index < -0.39 is 0 Å². The Balaban J connectivity index is 1.40. The lowest BCUT2D eigenvalue weighted by atomic mass is 9.91. The number of piperidine rings is 1. The molecule has 1 aliphatic heterocycles. The third-order valence-corrected chi connectivity index (χ3v) is 5.66. The van der Waals surface area contributed by atoms with Gasteiger partial charge in [0.2, 0.25) is 0 Å². The Morgan fingerprint density at radius 2 is 1.83 bits per heavy atom. The maximum atomic E-state index is 5.66. The highest BCUT2D eigenvalue weighted by Crippen LogP contribution is 2.23. The smallest absolute Gasteiger partial charge is 0.269 e. The molecule has 0 radical (unpaired) electrons. The Labute approximate surface area is 150 Å². The van der Waals surface area contributed by atoms with Gasteiger partial charge in [0.15, 0.2) is 5.58 Å². The summed E-state index contributed by atoms with van der Waals surface area (Å²) in [4.78, 5) is 3.25. The molecule has 0 saturated carbocycles. The quantitative estimate of drug-likeness (QED) is 0.455. The second-order valence-electron chi connectivity index (χ2n) is 7.12. The van der Waals surface area contributed by atoms with E-state index in [0.29, 0.717) is 4.84 Å². The molecule has 4 heteroatoms. The zero-order valence-electron chi connectivity index (χ0n) is 14.9. The summed E-state index contributed by atoms with van der Waals surface area (Å²) < 4.78 is 7.80. The molecule has 0 N–H and O–H groups in total. The number of aromatic nitrogens is 1. The van der Waals surface area contributed by atoms with Gasteiger partial charge in [0.05, 0.1) is 5.52 Å². The van der Waals surface area contributed by atoms with E-state index in [1.807, 2.05) is 18.2 Å². The van der Waals surface area contributed by atoms with E-state index in [0.717, 1.165) is 30.0 Å². The van der Waals surface area contributed by atoms with E-state index in [9.17, 15) is 0 Å². The Morgan fingerprint density at radius 3 is 2.62 bits per heavy atom. The van der Waals surface area contributed by atoms with E-state index in [-0.39, 0.29) is 0 Å². The second-order valence-corrected chi connectivity index (χ2v) is 7.47. The van der Waals surface area contributed by atoms with Crippen LogP contribution in [-0.4, -0.2) is 29.1 Å². The van der Waals surface area contributed by atoms with Crippen molar-refractivity contribution in [2.24, 2.45) is 5.92 Å². The van der Waals surface area contributed by atoms with Gasteiger partial charge in [-0.1, -0.05) is 38.3 Å². The van der Waals surface area contributed by atoms with Gasteiger partial charge in [-0.25, -0.2) is 0 Å². The van der Waals surface area contributed by atoms with Crippen molar-refractivity contribution in [3.8, 4) is 0 Å². The Bertz CT molecular complexity index is 682. The predicted molar refractivity (Wildman–Crippen MR) is 103 cm³/mol. The van der Waals surface area contributed by atoms with Crippen LogP contribution in [0.25, 0.3) is 11.1 Å². The van der Waals surface area contributed by atoms with Crippen LogP contribution in [-0.2, 0) is 6.54 Å². The summed E-state index contributed by atoms with van der Waals surface area (Å²) in [5.74, 6) is 0.983. The number of oxazole rings is 1. The van der Waals surface area contributed by atoms with E-state index in [1.54, 1.807) is 0 Å². The largest absolute Gasteiger partial charge is 0.429 e. The molecule has 0 atom stereocenters. The van der Waals surface area contributed by atoms with E-state index >= 15 is 0 Å². The minimum atomic E-state index is 0.605. The molecule has 0 aliphatic carbocycles. The molecule has 0 spiro atoms. The summed E-state index contributed by atoms with van der Waals surface area (Å²) in [6.45, 7) is 7.07. The number of rotatable bonds is 8. The van der Waals surface area contributed by atoms with E-state index in [2.05, 4.69) is 22.5 Å². The number of para-hydroxylation sites is 2. The first kappa shape index (κ1) is 17.7. The Kier molecular flexibility index (Phi) is 6.50. The van der Waals surface area contributed by atoms with E-state index in [4.69, 9.17) is 16.6 Å². The standard InChI is InChI=1S/C20H30N2OS/c1-2-3-8-17-11-15-21(16-12-17)13-6-7-14-22-18-9-4-5-10-19(18)23-20(22)24/h4-5,9-10,17H,2-3,6-8,11-16H2,1H3. The van der Waals surface area contributed by atoms with Crippen LogP contribution in [0.5, 0.6) is 0 Å². The predicted octanol–water partition coefficient (Wildman–Crippen LogP) is 5.65. The van der Waals surface area contributed by atoms with Crippen LogP contribution >= 0.6 is 12.2 Å². The lowest BCUT2D eigenvalue weighted by Crippen LogP contribution is -2.34. The van der Waals surface area contributed by atoms with Gasteiger partial charge in [-0.15, -0.1) is 0 Å². The highest BCUT2D eigenvalue weighted by molar-refractivity contribution is 7.71. The van der Waals surface area contributed by atoms with Crippen LogP contribution in [0.3, 0.4) is 0 Å². The maximum absolute atomic E-state index is 5.66. The molecule has 2 aromatic rings. The van der Waals surface area contributed by atoms with Gasteiger partial charge in [-0.05, 0) is 75.6 Å². The fraction of sp³-hybridized carbons (Fsp3) is 0.650. The lowest BCUT2D eigenvalue weighted by Gasteiger charge is -2.32. The normalized spacial score (nSPS) is 16.9.